The van der Waals surface area contributed by atoms with Gasteiger partial charge in [-0.25, -0.2) is 8.42 Å². The SMILES string of the molecule is C[C@H](CN(c1ccccc1)S(=O)(=O)Cc1ccccc1)N1CCC(NC(=O)Cc2ccc(N)cc2)CC1. The van der Waals surface area contributed by atoms with E-state index in [2.05, 4.69) is 17.1 Å². The second kappa shape index (κ2) is 12.3. The van der Waals surface area contributed by atoms with Crippen molar-refractivity contribution < 1.29 is 13.2 Å². The Kier molecular flexibility index (Phi) is 8.84. The van der Waals surface area contributed by atoms with Gasteiger partial charge in [0.15, 0.2) is 0 Å². The second-order valence-electron chi connectivity index (χ2n) is 9.75. The predicted molar refractivity (Wildman–Crippen MR) is 150 cm³/mol. The van der Waals surface area contributed by atoms with Crippen molar-refractivity contribution in [2.45, 2.75) is 44.0 Å². The molecule has 0 aliphatic carbocycles. The zero-order valence-corrected chi connectivity index (χ0v) is 22.1. The summed E-state index contributed by atoms with van der Waals surface area (Å²) in [5.74, 6) is -0.0316. The van der Waals surface area contributed by atoms with Gasteiger partial charge < -0.3 is 11.1 Å². The normalized spacial score (nSPS) is 15.7. The van der Waals surface area contributed by atoms with Crippen LogP contribution in [0.5, 0.6) is 0 Å². The molecule has 3 aromatic carbocycles. The fourth-order valence-corrected chi connectivity index (χ4v) is 6.43. The minimum absolute atomic E-state index is 0.0125. The second-order valence-corrected chi connectivity index (χ2v) is 11.6. The summed E-state index contributed by atoms with van der Waals surface area (Å²) in [6.07, 6.45) is 2.00. The van der Waals surface area contributed by atoms with Gasteiger partial charge >= 0.3 is 0 Å². The summed E-state index contributed by atoms with van der Waals surface area (Å²) in [7, 11) is -3.58. The first-order valence-corrected chi connectivity index (χ1v) is 14.4. The van der Waals surface area contributed by atoms with E-state index >= 15 is 0 Å². The molecule has 8 heteroatoms. The van der Waals surface area contributed by atoms with Gasteiger partial charge in [-0.3, -0.25) is 14.0 Å². The summed E-state index contributed by atoms with van der Waals surface area (Å²) in [4.78, 5) is 14.8. The molecule has 4 rings (SSSR count). The van der Waals surface area contributed by atoms with Crippen LogP contribution in [0.2, 0.25) is 0 Å². The molecule has 0 bridgehead atoms. The van der Waals surface area contributed by atoms with Gasteiger partial charge in [0.1, 0.15) is 0 Å². The number of piperidine rings is 1. The van der Waals surface area contributed by atoms with Gasteiger partial charge in [-0.05, 0) is 55.2 Å². The molecule has 1 amide bonds. The number of carbonyl (C=O) groups is 1. The van der Waals surface area contributed by atoms with Crippen LogP contribution in [-0.4, -0.2) is 50.9 Å². The number of rotatable bonds is 10. The van der Waals surface area contributed by atoms with E-state index in [4.69, 9.17) is 5.73 Å². The molecule has 1 aliphatic rings. The number of para-hydroxylation sites is 1. The van der Waals surface area contributed by atoms with E-state index in [1.165, 1.54) is 0 Å². The molecule has 1 saturated heterocycles. The number of anilines is 2. The van der Waals surface area contributed by atoms with Gasteiger partial charge in [-0.15, -0.1) is 0 Å². The number of nitrogens with zero attached hydrogens (tertiary/aromatic N) is 2. The lowest BCUT2D eigenvalue weighted by molar-refractivity contribution is -0.121. The molecule has 0 unspecified atom stereocenters. The van der Waals surface area contributed by atoms with Gasteiger partial charge in [0, 0.05) is 37.4 Å². The molecule has 1 heterocycles. The largest absolute Gasteiger partial charge is 0.399 e. The highest BCUT2D eigenvalue weighted by Crippen LogP contribution is 2.23. The van der Waals surface area contributed by atoms with Crippen LogP contribution in [0.4, 0.5) is 11.4 Å². The molecular formula is C29H36N4O3S. The Morgan fingerprint density at radius 3 is 2.16 bits per heavy atom. The number of hydrogen-bond donors (Lipinski definition) is 2. The quantitative estimate of drug-likeness (QED) is 0.396. The molecule has 1 aliphatic heterocycles. The lowest BCUT2D eigenvalue weighted by Gasteiger charge is -2.38. The average molecular weight is 521 g/mol. The summed E-state index contributed by atoms with van der Waals surface area (Å²) in [6.45, 7) is 4.05. The van der Waals surface area contributed by atoms with Crippen molar-refractivity contribution in [3.05, 3.63) is 96.1 Å². The van der Waals surface area contributed by atoms with E-state index in [1.807, 2.05) is 72.8 Å². The molecule has 0 saturated carbocycles. The molecule has 7 nitrogen and oxygen atoms in total. The van der Waals surface area contributed by atoms with Gasteiger partial charge in [0.05, 0.1) is 17.9 Å². The van der Waals surface area contributed by atoms with Gasteiger partial charge in [-0.1, -0.05) is 60.7 Å². The lowest BCUT2D eigenvalue weighted by atomic mass is 10.0. The Hall–Kier alpha value is -3.36. The van der Waals surface area contributed by atoms with Crippen molar-refractivity contribution in [1.29, 1.82) is 0 Å². The first kappa shape index (κ1) is 26.7. The van der Waals surface area contributed by atoms with Crippen LogP contribution in [0.3, 0.4) is 0 Å². The fraction of sp³-hybridized carbons (Fsp3) is 0.345. The third kappa shape index (κ3) is 7.57. The molecule has 0 aromatic heterocycles. The number of nitrogens with one attached hydrogen (secondary N) is 1. The molecule has 1 fully saturated rings. The van der Waals surface area contributed by atoms with Crippen LogP contribution < -0.4 is 15.4 Å². The van der Waals surface area contributed by atoms with E-state index in [-0.39, 0.29) is 23.7 Å². The number of nitrogens with two attached hydrogens (primary N) is 1. The maximum Gasteiger partial charge on any atom is 0.239 e. The highest BCUT2D eigenvalue weighted by Gasteiger charge is 2.29. The van der Waals surface area contributed by atoms with Crippen LogP contribution in [0.1, 0.15) is 30.9 Å². The summed E-state index contributed by atoms with van der Waals surface area (Å²) >= 11 is 0. The number of hydrogen-bond acceptors (Lipinski definition) is 5. The highest BCUT2D eigenvalue weighted by molar-refractivity contribution is 7.92. The van der Waals surface area contributed by atoms with Crippen molar-refractivity contribution in [2.24, 2.45) is 0 Å². The Balaban J connectivity index is 1.35. The zero-order chi connectivity index (χ0) is 26.3. The third-order valence-electron chi connectivity index (χ3n) is 6.86. The topological polar surface area (TPSA) is 95.7 Å². The van der Waals surface area contributed by atoms with Gasteiger partial charge in [0.25, 0.3) is 0 Å². The van der Waals surface area contributed by atoms with Crippen LogP contribution in [0.15, 0.2) is 84.9 Å². The maximum atomic E-state index is 13.5. The van der Waals surface area contributed by atoms with Gasteiger partial charge in [0.2, 0.25) is 15.9 Å². The summed E-state index contributed by atoms with van der Waals surface area (Å²) < 4.78 is 28.6. The van der Waals surface area contributed by atoms with Crippen molar-refractivity contribution >= 4 is 27.3 Å². The molecule has 0 radical (unpaired) electrons. The van der Waals surface area contributed by atoms with Crippen molar-refractivity contribution in [1.82, 2.24) is 10.2 Å². The Labute approximate surface area is 220 Å². The minimum Gasteiger partial charge on any atom is -0.399 e. The Morgan fingerprint density at radius 2 is 1.54 bits per heavy atom. The van der Waals surface area contributed by atoms with Crippen molar-refractivity contribution in [3.8, 4) is 0 Å². The smallest absolute Gasteiger partial charge is 0.239 e. The first-order chi connectivity index (χ1) is 17.8. The molecule has 0 spiro atoms. The summed E-state index contributed by atoms with van der Waals surface area (Å²) in [5.41, 5.74) is 8.79. The number of carbonyl (C=O) groups excluding carboxylic acids is 1. The number of benzene rings is 3. The molecule has 196 valence electrons. The summed E-state index contributed by atoms with van der Waals surface area (Å²) in [6, 6.07) is 26.1. The maximum absolute atomic E-state index is 13.5. The van der Waals surface area contributed by atoms with Crippen molar-refractivity contribution in [2.75, 3.05) is 29.7 Å². The molecule has 3 aromatic rings. The number of likely N-dealkylation sites (tertiary alicyclic amines) is 1. The van der Waals surface area contributed by atoms with E-state index in [0.717, 1.165) is 37.1 Å². The Morgan fingerprint density at radius 1 is 0.946 bits per heavy atom. The van der Waals surface area contributed by atoms with E-state index in [0.29, 0.717) is 24.3 Å². The molecular weight excluding hydrogens is 484 g/mol. The highest BCUT2D eigenvalue weighted by atomic mass is 32.2. The van der Waals surface area contributed by atoms with Crippen LogP contribution >= 0.6 is 0 Å². The standard InChI is InChI=1S/C29H36N4O3S/c1-23(32-18-16-27(17-19-32)31-29(34)20-24-12-14-26(30)15-13-24)21-33(28-10-6-3-7-11-28)37(35,36)22-25-8-4-2-5-9-25/h2-15,23,27H,16-22,30H2,1H3,(H,31,34)/t23-/m1/s1. The van der Waals surface area contributed by atoms with Gasteiger partial charge in [-0.2, -0.15) is 0 Å². The summed E-state index contributed by atoms with van der Waals surface area (Å²) in [5, 5.41) is 3.16. The molecule has 3 N–H and O–H groups in total. The minimum atomic E-state index is -3.58. The lowest BCUT2D eigenvalue weighted by Crippen LogP contribution is -2.51. The van der Waals surface area contributed by atoms with Crippen molar-refractivity contribution in [3.63, 3.8) is 0 Å². The number of amides is 1. The van der Waals surface area contributed by atoms with E-state index in [9.17, 15) is 13.2 Å². The zero-order valence-electron chi connectivity index (χ0n) is 21.3. The average Bonchev–Trinajstić information content (AvgIpc) is 2.89. The third-order valence-corrected chi connectivity index (χ3v) is 8.59. The van der Waals surface area contributed by atoms with Crippen LogP contribution in [0, 0.1) is 0 Å². The molecule has 1 atom stereocenters. The Bertz CT molecular complexity index is 1240. The number of sulfonamides is 1. The monoisotopic (exact) mass is 520 g/mol. The number of nitrogen functional groups attached to an aromatic ring is 1. The van der Waals surface area contributed by atoms with E-state index < -0.39 is 10.0 Å². The fourth-order valence-electron chi connectivity index (χ4n) is 4.78. The molecule has 37 heavy (non-hydrogen) atoms. The predicted octanol–water partition coefficient (Wildman–Crippen LogP) is 3.82. The first-order valence-electron chi connectivity index (χ1n) is 12.8. The van der Waals surface area contributed by atoms with Crippen LogP contribution in [-0.2, 0) is 27.0 Å². The van der Waals surface area contributed by atoms with Crippen LogP contribution in [0.25, 0.3) is 0 Å². The van der Waals surface area contributed by atoms with E-state index in [1.54, 1.807) is 16.4 Å².